The summed E-state index contributed by atoms with van der Waals surface area (Å²) >= 11 is 0. The second-order valence-electron chi connectivity index (χ2n) is 10.5. The van der Waals surface area contributed by atoms with E-state index in [-0.39, 0.29) is 6.42 Å². The third-order valence-corrected chi connectivity index (χ3v) is 7.77. The van der Waals surface area contributed by atoms with Crippen LogP contribution in [0.4, 0.5) is 13.2 Å². The van der Waals surface area contributed by atoms with Crippen LogP contribution in [0, 0.1) is 5.41 Å². The molecule has 1 aromatic heterocycles. The normalized spacial score (nSPS) is 13.2. The van der Waals surface area contributed by atoms with Crippen LogP contribution in [0.1, 0.15) is 19.4 Å². The highest BCUT2D eigenvalue weighted by Gasteiger charge is 2.47. The Balaban J connectivity index is 1.63. The van der Waals surface area contributed by atoms with Gasteiger partial charge in [-0.1, -0.05) is 74.5 Å². The van der Waals surface area contributed by atoms with E-state index in [0.717, 1.165) is 54.0 Å². The zero-order chi connectivity index (χ0) is 24.8. The van der Waals surface area contributed by atoms with Gasteiger partial charge in [0.15, 0.2) is 0 Å². The summed E-state index contributed by atoms with van der Waals surface area (Å²) in [5.41, 5.74) is -0.157. The first-order chi connectivity index (χ1) is 17.2. The molecule has 0 aliphatic rings. The minimum absolute atomic E-state index is 0.0674. The van der Waals surface area contributed by atoms with Crippen molar-refractivity contribution in [1.82, 2.24) is 4.98 Å². The number of benzene rings is 6. The zero-order valence-corrected chi connectivity index (χ0v) is 19.9. The van der Waals surface area contributed by atoms with Gasteiger partial charge in [-0.3, -0.25) is 4.98 Å². The lowest BCUT2D eigenvalue weighted by Gasteiger charge is -2.28. The van der Waals surface area contributed by atoms with Gasteiger partial charge in [0.25, 0.3) is 0 Å². The monoisotopic (exact) mass is 477 g/mol. The van der Waals surface area contributed by atoms with Crippen LogP contribution in [0.2, 0.25) is 0 Å². The van der Waals surface area contributed by atoms with Crippen molar-refractivity contribution in [3.8, 4) is 0 Å². The maximum atomic E-state index is 13.6. The van der Waals surface area contributed by atoms with Gasteiger partial charge >= 0.3 is 6.18 Å². The second-order valence-corrected chi connectivity index (χ2v) is 10.5. The fourth-order valence-electron chi connectivity index (χ4n) is 5.84. The predicted molar refractivity (Wildman–Crippen MR) is 144 cm³/mol. The van der Waals surface area contributed by atoms with Crippen molar-refractivity contribution < 1.29 is 13.2 Å². The number of hydrogen-bond donors (Lipinski definition) is 0. The van der Waals surface area contributed by atoms with E-state index in [2.05, 4.69) is 42.5 Å². The average Bonchev–Trinajstić information content (AvgIpc) is 2.86. The van der Waals surface area contributed by atoms with Crippen LogP contribution in [0.15, 0.2) is 85.1 Å². The number of pyridine rings is 1. The van der Waals surface area contributed by atoms with Gasteiger partial charge in [0.1, 0.15) is 0 Å². The molecule has 36 heavy (non-hydrogen) atoms. The SMILES string of the molecule is CC(C)(Cc1ccc2c(c1)c1cccc3c4cc5ccccc5cc4c4nccc2c4c13)C(F)(F)F. The molecule has 6 aromatic carbocycles. The van der Waals surface area contributed by atoms with E-state index in [1.807, 2.05) is 42.6 Å². The lowest BCUT2D eigenvalue weighted by Crippen LogP contribution is -2.34. The van der Waals surface area contributed by atoms with Gasteiger partial charge in [-0.05, 0) is 73.3 Å². The smallest absolute Gasteiger partial charge is 0.256 e. The molecule has 0 amide bonds. The molecule has 1 nitrogen and oxygen atoms in total. The maximum absolute atomic E-state index is 13.6. The molecular formula is C32H22F3N. The molecule has 0 N–H and O–H groups in total. The molecule has 0 bridgehead atoms. The fourth-order valence-corrected chi connectivity index (χ4v) is 5.84. The molecule has 0 saturated heterocycles. The quantitative estimate of drug-likeness (QED) is 0.178. The predicted octanol–water partition coefficient (Wildman–Crippen LogP) is 9.57. The van der Waals surface area contributed by atoms with Crippen molar-refractivity contribution in [2.45, 2.75) is 26.4 Å². The summed E-state index contributed by atoms with van der Waals surface area (Å²) in [6.45, 7) is 2.54. The molecule has 0 atom stereocenters. The van der Waals surface area contributed by atoms with E-state index in [1.54, 1.807) is 0 Å². The molecule has 0 spiro atoms. The summed E-state index contributed by atoms with van der Waals surface area (Å²) in [6, 6.07) is 26.9. The Morgan fingerprint density at radius 3 is 1.94 bits per heavy atom. The minimum Gasteiger partial charge on any atom is -0.256 e. The van der Waals surface area contributed by atoms with Crippen LogP contribution in [0.3, 0.4) is 0 Å². The molecule has 4 heteroatoms. The third-order valence-electron chi connectivity index (χ3n) is 7.77. The first kappa shape index (κ1) is 21.4. The Hall–Kier alpha value is -3.92. The lowest BCUT2D eigenvalue weighted by molar-refractivity contribution is -0.211. The van der Waals surface area contributed by atoms with Crippen molar-refractivity contribution in [3.05, 3.63) is 90.6 Å². The van der Waals surface area contributed by atoms with E-state index < -0.39 is 11.6 Å². The second kappa shape index (κ2) is 7.07. The van der Waals surface area contributed by atoms with E-state index in [4.69, 9.17) is 4.98 Å². The van der Waals surface area contributed by atoms with Crippen molar-refractivity contribution >= 4 is 64.8 Å². The Bertz CT molecular complexity index is 1980. The Labute approximate surface area is 205 Å². The summed E-state index contributed by atoms with van der Waals surface area (Å²) < 4.78 is 40.9. The van der Waals surface area contributed by atoms with Gasteiger partial charge in [0.2, 0.25) is 0 Å². The minimum atomic E-state index is -4.27. The summed E-state index contributed by atoms with van der Waals surface area (Å²) in [5.74, 6) is 0. The molecule has 1 heterocycles. The molecule has 7 aromatic rings. The lowest BCUT2D eigenvalue weighted by atomic mass is 9.83. The first-order valence-electron chi connectivity index (χ1n) is 12.1. The average molecular weight is 478 g/mol. The van der Waals surface area contributed by atoms with Gasteiger partial charge < -0.3 is 0 Å². The Morgan fingerprint density at radius 2 is 1.25 bits per heavy atom. The molecule has 0 fully saturated rings. The number of halogens is 3. The number of rotatable bonds is 2. The highest BCUT2D eigenvalue weighted by atomic mass is 19.4. The van der Waals surface area contributed by atoms with E-state index >= 15 is 0 Å². The maximum Gasteiger partial charge on any atom is 0.394 e. The Kier molecular flexibility index (Phi) is 4.20. The highest BCUT2D eigenvalue weighted by Crippen LogP contribution is 2.46. The van der Waals surface area contributed by atoms with Crippen molar-refractivity contribution in [2.24, 2.45) is 5.41 Å². The fraction of sp³-hybridized carbons (Fsp3) is 0.156. The molecule has 176 valence electrons. The summed E-state index contributed by atoms with van der Waals surface area (Å²) in [7, 11) is 0. The van der Waals surface area contributed by atoms with Gasteiger partial charge in [-0.25, -0.2) is 0 Å². The molecule has 0 aliphatic heterocycles. The standard InChI is InChI=1S/C32H22F3N/c1-31(2,32(33,34)35)17-18-10-11-21-24-12-13-36-30-27-16-20-7-4-3-6-19(20)15-26(27)23-9-5-8-22(25(21)14-18)28(23)29(24)30/h3-16H,17H2,1-2H3. The van der Waals surface area contributed by atoms with Crippen LogP contribution >= 0.6 is 0 Å². The molecular weight excluding hydrogens is 455 g/mol. The Morgan fingerprint density at radius 1 is 0.611 bits per heavy atom. The molecule has 0 radical (unpaired) electrons. The van der Waals surface area contributed by atoms with Gasteiger partial charge in [0, 0.05) is 22.4 Å². The molecule has 0 aliphatic carbocycles. The van der Waals surface area contributed by atoms with Crippen molar-refractivity contribution in [3.63, 3.8) is 0 Å². The molecule has 0 unspecified atom stereocenters. The summed E-state index contributed by atoms with van der Waals surface area (Å²) in [5, 5.41) is 12.1. The van der Waals surface area contributed by atoms with Crippen LogP contribution in [-0.4, -0.2) is 11.2 Å². The number of hydrogen-bond acceptors (Lipinski definition) is 1. The van der Waals surface area contributed by atoms with E-state index in [1.165, 1.54) is 24.6 Å². The van der Waals surface area contributed by atoms with Crippen LogP contribution in [-0.2, 0) is 6.42 Å². The van der Waals surface area contributed by atoms with Gasteiger partial charge in [-0.2, -0.15) is 13.2 Å². The third kappa shape index (κ3) is 2.87. The number of alkyl halides is 3. The van der Waals surface area contributed by atoms with Crippen molar-refractivity contribution in [1.29, 1.82) is 0 Å². The van der Waals surface area contributed by atoms with Gasteiger partial charge in [0.05, 0.1) is 10.9 Å². The van der Waals surface area contributed by atoms with Crippen LogP contribution in [0.25, 0.3) is 64.8 Å². The number of fused-ring (bicyclic) bond motifs is 7. The van der Waals surface area contributed by atoms with Crippen LogP contribution < -0.4 is 0 Å². The van der Waals surface area contributed by atoms with E-state index in [9.17, 15) is 13.2 Å². The van der Waals surface area contributed by atoms with Crippen LogP contribution in [0.5, 0.6) is 0 Å². The molecule has 7 rings (SSSR count). The zero-order valence-electron chi connectivity index (χ0n) is 19.9. The number of aromatic nitrogens is 1. The summed E-state index contributed by atoms with van der Waals surface area (Å²) in [6.07, 6.45) is -2.49. The highest BCUT2D eigenvalue weighted by molar-refractivity contribution is 6.39. The molecule has 0 saturated carbocycles. The number of nitrogens with zero attached hydrogens (tertiary/aromatic N) is 1. The van der Waals surface area contributed by atoms with Crippen molar-refractivity contribution in [2.75, 3.05) is 0 Å². The summed E-state index contributed by atoms with van der Waals surface area (Å²) in [4.78, 5) is 4.84. The largest absolute Gasteiger partial charge is 0.394 e. The van der Waals surface area contributed by atoms with E-state index in [0.29, 0.717) is 5.56 Å². The van der Waals surface area contributed by atoms with Gasteiger partial charge in [-0.15, -0.1) is 0 Å². The first-order valence-corrected chi connectivity index (χ1v) is 12.1. The topological polar surface area (TPSA) is 12.9 Å².